The van der Waals surface area contributed by atoms with Gasteiger partial charge in [-0.3, -0.25) is 4.79 Å². The van der Waals surface area contributed by atoms with Crippen LogP contribution in [0.4, 0.5) is 24.7 Å². The molecule has 2 aromatic heterocycles. The lowest BCUT2D eigenvalue weighted by Gasteiger charge is -2.20. The van der Waals surface area contributed by atoms with Crippen molar-refractivity contribution in [2.24, 2.45) is 0 Å². The fourth-order valence-corrected chi connectivity index (χ4v) is 4.84. The number of aromatic nitrogens is 3. The average Bonchev–Trinajstić information content (AvgIpc) is 3.28. The number of hydrogen-bond acceptors (Lipinski definition) is 5. The summed E-state index contributed by atoms with van der Waals surface area (Å²) in [5.41, 5.74) is 10.1. The first-order valence-corrected chi connectivity index (χ1v) is 11.4. The molecule has 2 heterocycles. The summed E-state index contributed by atoms with van der Waals surface area (Å²) in [6.07, 6.45) is -0.146. The minimum Gasteiger partial charge on any atom is -0.399 e. The molecule has 0 unspecified atom stereocenters. The highest BCUT2D eigenvalue weighted by molar-refractivity contribution is 5.97. The highest BCUT2D eigenvalue weighted by Crippen LogP contribution is 2.40. The quantitative estimate of drug-likeness (QED) is 0.333. The molecule has 0 radical (unpaired) electrons. The normalized spacial score (nSPS) is 14.2. The van der Waals surface area contributed by atoms with Gasteiger partial charge < -0.3 is 16.0 Å². The number of alkyl halides is 3. The van der Waals surface area contributed by atoms with E-state index >= 15 is 0 Å². The monoisotopic (exact) mass is 479 g/mol. The zero-order valence-electron chi connectivity index (χ0n) is 19.3. The fraction of sp³-hybridized carbons (Fsp3) is 0.269. The molecular weight excluding hydrogens is 455 g/mol. The molecule has 2 aromatic carbocycles. The summed E-state index contributed by atoms with van der Waals surface area (Å²) >= 11 is 0. The maximum Gasteiger partial charge on any atom is 0.416 e. The highest BCUT2D eigenvalue weighted by atomic mass is 19.4. The third-order valence-corrected chi connectivity index (χ3v) is 6.42. The van der Waals surface area contributed by atoms with Crippen molar-refractivity contribution < 1.29 is 13.2 Å². The van der Waals surface area contributed by atoms with Crippen LogP contribution in [0.25, 0.3) is 22.0 Å². The number of rotatable bonds is 4. The van der Waals surface area contributed by atoms with Crippen LogP contribution >= 0.6 is 0 Å². The van der Waals surface area contributed by atoms with Gasteiger partial charge in [0.2, 0.25) is 5.56 Å². The van der Waals surface area contributed by atoms with E-state index in [1.165, 1.54) is 11.6 Å². The Kier molecular flexibility index (Phi) is 5.50. The van der Waals surface area contributed by atoms with Crippen molar-refractivity contribution in [3.8, 4) is 11.1 Å². The SMILES string of the molecule is Cc1nc(N[C@H](C)c2cc(N)cc(C(F)(F)F)c2)c2cc(-c3cc[nH]c(=O)c3)c3c(c2n1)CCC3. The molecule has 35 heavy (non-hydrogen) atoms. The van der Waals surface area contributed by atoms with Gasteiger partial charge in [-0.05, 0) is 91.3 Å². The molecule has 180 valence electrons. The van der Waals surface area contributed by atoms with Gasteiger partial charge >= 0.3 is 6.18 Å². The smallest absolute Gasteiger partial charge is 0.399 e. The number of nitrogens with one attached hydrogen (secondary N) is 2. The van der Waals surface area contributed by atoms with Gasteiger partial charge in [-0.15, -0.1) is 0 Å². The van der Waals surface area contributed by atoms with Crippen LogP contribution in [0, 0.1) is 6.92 Å². The van der Waals surface area contributed by atoms with Gasteiger partial charge in [0, 0.05) is 23.3 Å². The number of H-pyrrole nitrogens is 1. The summed E-state index contributed by atoms with van der Waals surface area (Å²) in [6.45, 7) is 3.56. The molecule has 9 heteroatoms. The number of fused-ring (bicyclic) bond motifs is 3. The number of aryl methyl sites for hydroxylation is 2. The number of nitrogens with zero attached hydrogens (tertiary/aromatic N) is 2. The van der Waals surface area contributed by atoms with Gasteiger partial charge in [0.1, 0.15) is 11.6 Å². The second-order valence-corrected chi connectivity index (χ2v) is 8.94. The number of anilines is 2. The molecule has 4 N–H and O–H groups in total. The Morgan fingerprint density at radius 3 is 2.60 bits per heavy atom. The van der Waals surface area contributed by atoms with Crippen molar-refractivity contribution in [2.45, 2.75) is 45.3 Å². The standard InChI is InChI=1S/C26H24F3N5O/c1-13(16-8-17(26(27,28)29)11-18(30)9-16)32-25-22-12-21(15-6-7-31-23(35)10-15)19-4-3-5-20(19)24(22)33-14(2)34-25/h6-13H,3-5,30H2,1-2H3,(H,31,35)(H,32,33,34)/t13-/m1/s1. The average molecular weight is 480 g/mol. The van der Waals surface area contributed by atoms with Gasteiger partial charge in [-0.25, -0.2) is 9.97 Å². The molecule has 1 atom stereocenters. The number of nitrogens with two attached hydrogens (primary N) is 1. The summed E-state index contributed by atoms with van der Waals surface area (Å²) in [4.78, 5) is 23.9. The molecule has 6 nitrogen and oxygen atoms in total. The molecule has 1 aliphatic carbocycles. The van der Waals surface area contributed by atoms with Crippen LogP contribution in [-0.2, 0) is 19.0 Å². The van der Waals surface area contributed by atoms with Gasteiger partial charge in [0.05, 0.1) is 17.1 Å². The minimum absolute atomic E-state index is 0.0432. The second kappa shape index (κ2) is 8.41. The van der Waals surface area contributed by atoms with Crippen molar-refractivity contribution in [3.63, 3.8) is 0 Å². The predicted octanol–water partition coefficient (Wildman–Crippen LogP) is 5.56. The molecule has 4 aromatic rings. The van der Waals surface area contributed by atoms with Crippen molar-refractivity contribution in [2.75, 3.05) is 11.1 Å². The maximum atomic E-state index is 13.3. The summed E-state index contributed by atoms with van der Waals surface area (Å²) in [7, 11) is 0. The van der Waals surface area contributed by atoms with Crippen LogP contribution in [0.15, 0.2) is 47.4 Å². The molecule has 5 rings (SSSR count). The first-order chi connectivity index (χ1) is 16.6. The summed E-state index contributed by atoms with van der Waals surface area (Å²) < 4.78 is 40.0. The van der Waals surface area contributed by atoms with Crippen LogP contribution in [0.5, 0.6) is 0 Å². The topological polar surface area (TPSA) is 96.7 Å². The van der Waals surface area contributed by atoms with Crippen molar-refractivity contribution in [3.05, 3.63) is 81.0 Å². The molecule has 0 spiro atoms. The van der Waals surface area contributed by atoms with E-state index in [0.29, 0.717) is 17.2 Å². The Hall–Kier alpha value is -3.88. The second-order valence-electron chi connectivity index (χ2n) is 8.94. The number of halogens is 3. The van der Waals surface area contributed by atoms with Crippen LogP contribution in [0.1, 0.15) is 47.5 Å². The molecule has 0 bridgehead atoms. The summed E-state index contributed by atoms with van der Waals surface area (Å²) in [5.74, 6) is 1.09. The van der Waals surface area contributed by atoms with E-state index in [-0.39, 0.29) is 11.2 Å². The number of hydrogen-bond donors (Lipinski definition) is 3. The van der Waals surface area contributed by atoms with Gasteiger partial charge in [-0.2, -0.15) is 13.2 Å². The van der Waals surface area contributed by atoms with E-state index in [1.54, 1.807) is 26.1 Å². The lowest BCUT2D eigenvalue weighted by Crippen LogP contribution is -2.13. The maximum absolute atomic E-state index is 13.3. The Morgan fingerprint density at radius 2 is 1.86 bits per heavy atom. The minimum atomic E-state index is -4.50. The zero-order chi connectivity index (χ0) is 24.9. The summed E-state index contributed by atoms with van der Waals surface area (Å²) in [5, 5.41) is 4.05. The van der Waals surface area contributed by atoms with E-state index in [1.807, 2.05) is 12.1 Å². The van der Waals surface area contributed by atoms with E-state index in [0.717, 1.165) is 59.0 Å². The van der Waals surface area contributed by atoms with Gasteiger partial charge in [-0.1, -0.05) is 0 Å². The number of aromatic amines is 1. The first-order valence-electron chi connectivity index (χ1n) is 11.4. The summed E-state index contributed by atoms with van der Waals surface area (Å²) in [6, 6.07) is 8.45. The molecule has 0 aliphatic heterocycles. The Labute approximate surface area is 199 Å². The zero-order valence-corrected chi connectivity index (χ0v) is 19.3. The Morgan fingerprint density at radius 1 is 1.09 bits per heavy atom. The molecule has 0 saturated heterocycles. The van der Waals surface area contributed by atoms with Gasteiger partial charge in [0.15, 0.2) is 0 Å². The van der Waals surface area contributed by atoms with Crippen molar-refractivity contribution in [1.82, 2.24) is 15.0 Å². The van der Waals surface area contributed by atoms with E-state index < -0.39 is 17.8 Å². The molecular formula is C26H24F3N5O. The third-order valence-electron chi connectivity index (χ3n) is 6.42. The lowest BCUT2D eigenvalue weighted by atomic mass is 9.94. The Balaban J connectivity index is 1.64. The van der Waals surface area contributed by atoms with E-state index in [9.17, 15) is 18.0 Å². The molecule has 1 aliphatic rings. The van der Waals surface area contributed by atoms with Crippen LogP contribution in [-0.4, -0.2) is 15.0 Å². The first kappa shape index (κ1) is 22.9. The van der Waals surface area contributed by atoms with E-state index in [4.69, 9.17) is 10.7 Å². The highest BCUT2D eigenvalue weighted by Gasteiger charge is 2.31. The number of nitrogen functional groups attached to an aromatic ring is 1. The molecule has 0 fully saturated rings. The van der Waals surface area contributed by atoms with Gasteiger partial charge in [0.25, 0.3) is 0 Å². The van der Waals surface area contributed by atoms with Crippen LogP contribution in [0.2, 0.25) is 0 Å². The predicted molar refractivity (Wildman–Crippen MR) is 130 cm³/mol. The molecule has 0 amide bonds. The van der Waals surface area contributed by atoms with Crippen LogP contribution in [0.3, 0.4) is 0 Å². The largest absolute Gasteiger partial charge is 0.416 e. The van der Waals surface area contributed by atoms with E-state index in [2.05, 4.69) is 15.3 Å². The van der Waals surface area contributed by atoms with Crippen molar-refractivity contribution in [1.29, 1.82) is 0 Å². The number of pyridine rings is 1. The third kappa shape index (κ3) is 4.34. The molecule has 0 saturated carbocycles. The lowest BCUT2D eigenvalue weighted by molar-refractivity contribution is -0.137. The fourth-order valence-electron chi connectivity index (χ4n) is 4.84. The van der Waals surface area contributed by atoms with Crippen LogP contribution < -0.4 is 16.6 Å². The van der Waals surface area contributed by atoms with Crippen molar-refractivity contribution >= 4 is 22.4 Å². The Bertz CT molecular complexity index is 1510. The number of benzene rings is 2.